The summed E-state index contributed by atoms with van der Waals surface area (Å²) in [5.74, 6) is 0.965. The molecule has 4 heteroatoms. The summed E-state index contributed by atoms with van der Waals surface area (Å²) in [6.07, 6.45) is 0. The fourth-order valence-corrected chi connectivity index (χ4v) is 2.52. The molecule has 0 aromatic heterocycles. The number of hydrogen-bond acceptors (Lipinski definition) is 3. The summed E-state index contributed by atoms with van der Waals surface area (Å²) in [6, 6.07) is 0. The van der Waals surface area contributed by atoms with Gasteiger partial charge in [0.2, 0.25) is 0 Å². The van der Waals surface area contributed by atoms with Gasteiger partial charge in [-0.15, -0.1) is 9.05 Å². The van der Waals surface area contributed by atoms with Crippen LogP contribution in [-0.2, 0) is 13.6 Å². The molecule has 0 aliphatic carbocycles. The molecule has 0 spiro atoms. The van der Waals surface area contributed by atoms with E-state index in [-0.39, 0.29) is 5.41 Å². The third-order valence-corrected chi connectivity index (χ3v) is 3.86. The van der Waals surface area contributed by atoms with E-state index in [1.165, 1.54) is 0 Å². The van der Waals surface area contributed by atoms with Crippen LogP contribution in [0.5, 0.6) is 0 Å². The highest BCUT2D eigenvalue weighted by molar-refractivity contribution is 7.33. The molecular weight excluding hydrogens is 187 g/mol. The standard InChI is InChI=1S/C9H18O3P/c1-7(2)9(8(3)4)5-11-13(10)12-6-9/h7-8H,5-6H2,1-4H3/q+1. The topological polar surface area (TPSA) is 35.5 Å². The third kappa shape index (κ3) is 2.09. The second-order valence-corrected chi connectivity index (χ2v) is 5.28. The summed E-state index contributed by atoms with van der Waals surface area (Å²) >= 11 is 0. The monoisotopic (exact) mass is 205 g/mol. The van der Waals surface area contributed by atoms with Crippen LogP contribution in [0.25, 0.3) is 0 Å². The first-order chi connectivity index (χ1) is 5.99. The lowest BCUT2D eigenvalue weighted by Gasteiger charge is -2.38. The van der Waals surface area contributed by atoms with Gasteiger partial charge < -0.3 is 0 Å². The Balaban J connectivity index is 2.75. The zero-order valence-corrected chi connectivity index (χ0v) is 9.64. The van der Waals surface area contributed by atoms with E-state index in [1.807, 2.05) is 0 Å². The lowest BCUT2D eigenvalue weighted by atomic mass is 9.70. The van der Waals surface area contributed by atoms with Gasteiger partial charge in [0.15, 0.2) is 0 Å². The van der Waals surface area contributed by atoms with E-state index in [0.29, 0.717) is 25.0 Å². The summed E-state index contributed by atoms with van der Waals surface area (Å²) in [7, 11) is -1.85. The first kappa shape index (κ1) is 11.1. The Morgan fingerprint density at radius 3 is 1.77 bits per heavy atom. The first-order valence-electron chi connectivity index (χ1n) is 4.72. The van der Waals surface area contributed by atoms with Gasteiger partial charge in [-0.1, -0.05) is 27.7 Å². The fraction of sp³-hybridized carbons (Fsp3) is 1.00. The Morgan fingerprint density at radius 2 is 1.46 bits per heavy atom. The Hall–Kier alpha value is 0.0200. The highest BCUT2D eigenvalue weighted by atomic mass is 31.1. The average molecular weight is 205 g/mol. The molecule has 1 aliphatic rings. The van der Waals surface area contributed by atoms with Crippen molar-refractivity contribution in [3.8, 4) is 0 Å². The fourth-order valence-electron chi connectivity index (χ4n) is 1.76. The minimum atomic E-state index is -1.85. The molecule has 1 fully saturated rings. The van der Waals surface area contributed by atoms with Gasteiger partial charge in [-0.3, -0.25) is 0 Å². The molecule has 0 saturated carbocycles. The van der Waals surface area contributed by atoms with Crippen molar-refractivity contribution in [2.45, 2.75) is 27.7 Å². The molecular formula is C9H18O3P+. The van der Waals surface area contributed by atoms with Crippen LogP contribution in [0.1, 0.15) is 27.7 Å². The number of rotatable bonds is 2. The van der Waals surface area contributed by atoms with E-state index in [9.17, 15) is 4.57 Å². The molecule has 0 aromatic rings. The molecule has 1 saturated heterocycles. The Morgan fingerprint density at radius 1 is 1.08 bits per heavy atom. The quantitative estimate of drug-likeness (QED) is 0.650. The van der Waals surface area contributed by atoms with Gasteiger partial charge in [-0.05, 0) is 11.8 Å². The van der Waals surface area contributed by atoms with Gasteiger partial charge in [0.1, 0.15) is 13.2 Å². The van der Waals surface area contributed by atoms with E-state index in [4.69, 9.17) is 9.05 Å². The molecule has 0 radical (unpaired) electrons. The predicted molar refractivity (Wildman–Crippen MR) is 51.6 cm³/mol. The predicted octanol–water partition coefficient (Wildman–Crippen LogP) is 2.99. The lowest BCUT2D eigenvalue weighted by molar-refractivity contribution is -0.0388. The van der Waals surface area contributed by atoms with Crippen LogP contribution in [0.2, 0.25) is 0 Å². The van der Waals surface area contributed by atoms with Gasteiger partial charge in [-0.2, -0.15) is 0 Å². The molecule has 3 nitrogen and oxygen atoms in total. The first-order valence-corrected chi connectivity index (χ1v) is 5.81. The second-order valence-electron chi connectivity index (χ2n) is 4.31. The van der Waals surface area contributed by atoms with Crippen LogP contribution < -0.4 is 0 Å². The van der Waals surface area contributed by atoms with Crippen molar-refractivity contribution < 1.29 is 13.6 Å². The number of hydrogen-bond donors (Lipinski definition) is 0. The lowest BCUT2D eigenvalue weighted by Crippen LogP contribution is -2.43. The normalized spacial score (nSPS) is 22.8. The van der Waals surface area contributed by atoms with Crippen molar-refractivity contribution in [2.75, 3.05) is 13.2 Å². The van der Waals surface area contributed by atoms with Crippen molar-refractivity contribution >= 4 is 8.25 Å². The molecule has 0 N–H and O–H groups in total. The van der Waals surface area contributed by atoms with Crippen LogP contribution in [0.15, 0.2) is 0 Å². The van der Waals surface area contributed by atoms with Crippen LogP contribution in [0.4, 0.5) is 0 Å². The van der Waals surface area contributed by atoms with Crippen LogP contribution >= 0.6 is 8.25 Å². The third-order valence-electron chi connectivity index (χ3n) is 3.18. The average Bonchev–Trinajstić information content (AvgIpc) is 2.04. The maximum atomic E-state index is 10.9. The SMILES string of the molecule is CC(C)C1(C(C)C)CO[P+](=O)OC1. The minimum Gasteiger partial charge on any atom is -0.118 e. The maximum Gasteiger partial charge on any atom is 0.697 e. The molecule has 1 rings (SSSR count). The van der Waals surface area contributed by atoms with E-state index >= 15 is 0 Å². The molecule has 0 amide bonds. The van der Waals surface area contributed by atoms with Crippen molar-refractivity contribution in [1.82, 2.24) is 0 Å². The van der Waals surface area contributed by atoms with E-state index in [2.05, 4.69) is 27.7 Å². The Labute approximate surface area is 80.8 Å². The molecule has 1 aliphatic heterocycles. The summed E-state index contributed by atoms with van der Waals surface area (Å²) in [5, 5.41) is 0. The van der Waals surface area contributed by atoms with E-state index < -0.39 is 8.25 Å². The van der Waals surface area contributed by atoms with Crippen molar-refractivity contribution in [2.24, 2.45) is 17.3 Å². The van der Waals surface area contributed by atoms with Gasteiger partial charge in [0.25, 0.3) is 0 Å². The molecule has 1 heterocycles. The highest BCUT2D eigenvalue weighted by Gasteiger charge is 2.47. The molecule has 13 heavy (non-hydrogen) atoms. The molecule has 0 unspecified atom stereocenters. The van der Waals surface area contributed by atoms with E-state index in [1.54, 1.807) is 0 Å². The van der Waals surface area contributed by atoms with Crippen LogP contribution in [0, 0.1) is 17.3 Å². The summed E-state index contributed by atoms with van der Waals surface area (Å²) in [6.45, 7) is 9.74. The summed E-state index contributed by atoms with van der Waals surface area (Å²) < 4.78 is 21.1. The molecule has 76 valence electrons. The van der Waals surface area contributed by atoms with Gasteiger partial charge in [-0.25, -0.2) is 0 Å². The smallest absolute Gasteiger partial charge is 0.118 e. The van der Waals surface area contributed by atoms with Crippen LogP contribution in [-0.4, -0.2) is 13.2 Å². The molecule has 0 atom stereocenters. The van der Waals surface area contributed by atoms with Gasteiger partial charge in [0.05, 0.1) is 0 Å². The Bertz CT molecular complexity index is 181. The van der Waals surface area contributed by atoms with Crippen LogP contribution in [0.3, 0.4) is 0 Å². The molecule has 0 aromatic carbocycles. The van der Waals surface area contributed by atoms with Gasteiger partial charge >= 0.3 is 8.25 Å². The zero-order valence-electron chi connectivity index (χ0n) is 8.74. The largest absolute Gasteiger partial charge is 0.697 e. The zero-order chi connectivity index (χ0) is 10.1. The van der Waals surface area contributed by atoms with Crippen molar-refractivity contribution in [3.05, 3.63) is 0 Å². The minimum absolute atomic E-state index is 0.0310. The molecule has 0 bridgehead atoms. The van der Waals surface area contributed by atoms with E-state index in [0.717, 1.165) is 0 Å². The van der Waals surface area contributed by atoms with Crippen molar-refractivity contribution in [1.29, 1.82) is 0 Å². The summed E-state index contributed by atoms with van der Waals surface area (Å²) in [5.41, 5.74) is 0.0310. The highest BCUT2D eigenvalue weighted by Crippen LogP contribution is 2.45. The second kappa shape index (κ2) is 4.04. The van der Waals surface area contributed by atoms with Gasteiger partial charge in [0, 0.05) is 9.98 Å². The Kier molecular flexibility index (Phi) is 3.44. The summed E-state index contributed by atoms with van der Waals surface area (Å²) in [4.78, 5) is 0. The van der Waals surface area contributed by atoms with Crippen molar-refractivity contribution in [3.63, 3.8) is 0 Å². The maximum absolute atomic E-state index is 10.9.